The number of hydrogen-bond donors (Lipinski definition) is 1. The monoisotopic (exact) mass is 388 g/mol. The topological polar surface area (TPSA) is 103 Å². The Morgan fingerprint density at radius 3 is 2.32 bits per heavy atom. The van der Waals surface area contributed by atoms with Crippen molar-refractivity contribution in [3.05, 3.63) is 70.6 Å². The van der Waals surface area contributed by atoms with Gasteiger partial charge in [0.05, 0.1) is 28.5 Å². The van der Waals surface area contributed by atoms with Crippen LogP contribution in [0.15, 0.2) is 53.9 Å². The summed E-state index contributed by atoms with van der Waals surface area (Å²) < 4.78 is 0. The third-order valence-corrected chi connectivity index (χ3v) is 5.00. The molecular formula is C20H12N4O3S. The molecule has 1 aliphatic rings. The summed E-state index contributed by atoms with van der Waals surface area (Å²) in [6.45, 7) is -0.377. The Balaban J connectivity index is 1.44. The van der Waals surface area contributed by atoms with Crippen LogP contribution in [-0.2, 0) is 4.79 Å². The molecule has 0 fully saturated rings. The van der Waals surface area contributed by atoms with Crippen LogP contribution in [0, 0.1) is 11.3 Å². The normalized spacial score (nSPS) is 12.6. The molecule has 0 aliphatic carbocycles. The standard InChI is InChI=1S/C20H12N4O3S/c21-9-12-5-7-13(8-6-12)16-11-28-20(22-16)23-17(25)10-24-18(26)14-3-1-2-4-15(14)19(24)27/h1-8,11H,10H2,(H,22,23,25). The maximum Gasteiger partial charge on any atom is 0.262 e. The number of fused-ring (bicyclic) bond motifs is 1. The number of amides is 3. The van der Waals surface area contributed by atoms with E-state index in [9.17, 15) is 14.4 Å². The number of rotatable bonds is 4. The number of carbonyl (C=O) groups excluding carboxylic acids is 3. The van der Waals surface area contributed by atoms with Crippen molar-refractivity contribution in [1.82, 2.24) is 9.88 Å². The van der Waals surface area contributed by atoms with Gasteiger partial charge in [0.2, 0.25) is 5.91 Å². The molecule has 2 heterocycles. The van der Waals surface area contributed by atoms with E-state index < -0.39 is 17.7 Å². The number of hydrogen-bond acceptors (Lipinski definition) is 6. The van der Waals surface area contributed by atoms with Gasteiger partial charge in [-0.1, -0.05) is 24.3 Å². The lowest BCUT2D eigenvalue weighted by molar-refractivity contribution is -0.116. The third-order valence-electron chi connectivity index (χ3n) is 4.24. The Morgan fingerprint density at radius 2 is 1.71 bits per heavy atom. The van der Waals surface area contributed by atoms with Crippen LogP contribution in [0.5, 0.6) is 0 Å². The van der Waals surface area contributed by atoms with Crippen LogP contribution in [0.1, 0.15) is 26.3 Å². The molecule has 2 aromatic carbocycles. The quantitative estimate of drug-likeness (QED) is 0.692. The molecule has 28 heavy (non-hydrogen) atoms. The first-order valence-corrected chi connectivity index (χ1v) is 9.16. The van der Waals surface area contributed by atoms with Crippen molar-refractivity contribution < 1.29 is 14.4 Å². The van der Waals surface area contributed by atoms with E-state index in [-0.39, 0.29) is 6.54 Å². The van der Waals surface area contributed by atoms with Crippen molar-refractivity contribution in [3.63, 3.8) is 0 Å². The highest BCUT2D eigenvalue weighted by Gasteiger charge is 2.36. The summed E-state index contributed by atoms with van der Waals surface area (Å²) >= 11 is 1.23. The van der Waals surface area contributed by atoms with Gasteiger partial charge in [0, 0.05) is 10.9 Å². The molecule has 0 saturated heterocycles. The summed E-state index contributed by atoms with van der Waals surface area (Å²) in [6.07, 6.45) is 0. The van der Waals surface area contributed by atoms with Gasteiger partial charge in [0.1, 0.15) is 6.54 Å². The molecule has 1 aliphatic heterocycles. The molecule has 0 saturated carbocycles. The van der Waals surface area contributed by atoms with Crippen LogP contribution >= 0.6 is 11.3 Å². The minimum absolute atomic E-state index is 0.303. The van der Waals surface area contributed by atoms with E-state index in [4.69, 9.17) is 5.26 Å². The molecule has 0 atom stereocenters. The van der Waals surface area contributed by atoms with Crippen molar-refractivity contribution in [3.8, 4) is 17.3 Å². The molecular weight excluding hydrogens is 376 g/mol. The number of thiazole rings is 1. The van der Waals surface area contributed by atoms with E-state index in [0.717, 1.165) is 10.5 Å². The lowest BCUT2D eigenvalue weighted by Gasteiger charge is -2.12. The lowest BCUT2D eigenvalue weighted by atomic mass is 10.1. The number of aromatic nitrogens is 1. The highest BCUT2D eigenvalue weighted by atomic mass is 32.1. The molecule has 0 unspecified atom stereocenters. The molecule has 3 amide bonds. The van der Waals surface area contributed by atoms with Gasteiger partial charge in [0.15, 0.2) is 5.13 Å². The first kappa shape index (κ1) is 17.6. The summed E-state index contributed by atoms with van der Waals surface area (Å²) in [7, 11) is 0. The van der Waals surface area contributed by atoms with Crippen molar-refractivity contribution in [1.29, 1.82) is 5.26 Å². The van der Waals surface area contributed by atoms with E-state index in [1.54, 1.807) is 53.9 Å². The van der Waals surface area contributed by atoms with Crippen molar-refractivity contribution in [2.45, 2.75) is 0 Å². The Hall–Kier alpha value is -3.83. The first-order valence-electron chi connectivity index (χ1n) is 8.28. The van der Waals surface area contributed by atoms with Crippen LogP contribution in [0.3, 0.4) is 0 Å². The van der Waals surface area contributed by atoms with Gasteiger partial charge in [-0.2, -0.15) is 5.26 Å². The minimum Gasteiger partial charge on any atom is -0.300 e. The van der Waals surface area contributed by atoms with Crippen LogP contribution < -0.4 is 5.32 Å². The average Bonchev–Trinajstić information content (AvgIpc) is 3.27. The van der Waals surface area contributed by atoms with E-state index in [1.807, 2.05) is 0 Å². The Morgan fingerprint density at radius 1 is 1.07 bits per heavy atom. The van der Waals surface area contributed by atoms with Crippen LogP contribution in [0.2, 0.25) is 0 Å². The fourth-order valence-corrected chi connectivity index (χ4v) is 3.60. The Labute approximate surface area is 163 Å². The molecule has 0 spiro atoms. The second-order valence-corrected chi connectivity index (χ2v) is 6.88. The van der Waals surface area contributed by atoms with E-state index in [0.29, 0.717) is 27.5 Å². The zero-order chi connectivity index (χ0) is 19.7. The van der Waals surface area contributed by atoms with Crippen LogP contribution in [0.25, 0.3) is 11.3 Å². The van der Waals surface area contributed by atoms with Crippen molar-refractivity contribution in [2.24, 2.45) is 0 Å². The number of nitrogens with one attached hydrogen (secondary N) is 1. The zero-order valence-corrected chi connectivity index (χ0v) is 15.2. The predicted molar refractivity (Wildman–Crippen MR) is 103 cm³/mol. The molecule has 8 heteroatoms. The van der Waals surface area contributed by atoms with Gasteiger partial charge >= 0.3 is 0 Å². The molecule has 7 nitrogen and oxygen atoms in total. The Bertz CT molecular complexity index is 1110. The van der Waals surface area contributed by atoms with Gasteiger partial charge in [0.25, 0.3) is 11.8 Å². The van der Waals surface area contributed by atoms with Crippen LogP contribution in [0.4, 0.5) is 5.13 Å². The number of nitriles is 1. The van der Waals surface area contributed by atoms with Crippen LogP contribution in [-0.4, -0.2) is 34.2 Å². The molecule has 0 bridgehead atoms. The number of carbonyl (C=O) groups is 3. The molecule has 4 rings (SSSR count). The number of imide groups is 1. The largest absolute Gasteiger partial charge is 0.300 e. The Kier molecular flexibility index (Phi) is 4.43. The summed E-state index contributed by atoms with van der Waals surface area (Å²) in [5.74, 6) is -1.46. The summed E-state index contributed by atoms with van der Waals surface area (Å²) in [4.78, 5) is 42.2. The number of anilines is 1. The predicted octanol–water partition coefficient (Wildman–Crippen LogP) is 2.92. The first-order chi connectivity index (χ1) is 13.6. The van der Waals surface area contributed by atoms with Gasteiger partial charge in [-0.15, -0.1) is 11.3 Å². The summed E-state index contributed by atoms with van der Waals surface area (Å²) in [5.41, 5.74) is 2.63. The smallest absolute Gasteiger partial charge is 0.262 e. The van der Waals surface area contributed by atoms with Gasteiger partial charge in [-0.05, 0) is 24.3 Å². The average molecular weight is 388 g/mol. The highest BCUT2D eigenvalue weighted by Crippen LogP contribution is 2.26. The number of benzene rings is 2. The van der Waals surface area contributed by atoms with Gasteiger partial charge in [-0.3, -0.25) is 19.3 Å². The summed E-state index contributed by atoms with van der Waals surface area (Å²) in [6, 6.07) is 15.5. The summed E-state index contributed by atoms with van der Waals surface area (Å²) in [5, 5.41) is 13.6. The zero-order valence-electron chi connectivity index (χ0n) is 14.4. The lowest BCUT2D eigenvalue weighted by Crippen LogP contribution is -2.37. The SMILES string of the molecule is N#Cc1ccc(-c2csc(NC(=O)CN3C(=O)c4ccccc4C3=O)n2)cc1. The van der Waals surface area contributed by atoms with Gasteiger partial charge in [-0.25, -0.2) is 4.98 Å². The second kappa shape index (κ2) is 7.06. The third kappa shape index (κ3) is 3.15. The van der Waals surface area contributed by atoms with E-state index in [2.05, 4.69) is 16.4 Å². The maximum atomic E-state index is 12.3. The van der Waals surface area contributed by atoms with E-state index in [1.165, 1.54) is 11.3 Å². The molecule has 1 aromatic heterocycles. The van der Waals surface area contributed by atoms with Crippen molar-refractivity contribution >= 4 is 34.2 Å². The molecule has 3 aromatic rings. The highest BCUT2D eigenvalue weighted by molar-refractivity contribution is 7.14. The van der Waals surface area contributed by atoms with Crippen molar-refractivity contribution in [2.75, 3.05) is 11.9 Å². The fraction of sp³-hybridized carbons (Fsp3) is 0.0500. The molecule has 136 valence electrons. The molecule has 1 N–H and O–H groups in total. The number of nitrogens with zero attached hydrogens (tertiary/aromatic N) is 3. The second-order valence-electron chi connectivity index (χ2n) is 6.02. The van der Waals surface area contributed by atoms with Gasteiger partial charge < -0.3 is 5.32 Å². The minimum atomic E-state index is -0.504. The van der Waals surface area contributed by atoms with E-state index >= 15 is 0 Å². The molecule has 0 radical (unpaired) electrons. The fourth-order valence-electron chi connectivity index (χ4n) is 2.86. The maximum absolute atomic E-state index is 12.3.